The van der Waals surface area contributed by atoms with Crippen molar-refractivity contribution in [2.75, 3.05) is 0 Å². The molecule has 1 atom stereocenters. The van der Waals surface area contributed by atoms with Crippen LogP contribution in [0.3, 0.4) is 0 Å². The van der Waals surface area contributed by atoms with Crippen molar-refractivity contribution in [3.63, 3.8) is 0 Å². The van der Waals surface area contributed by atoms with Crippen LogP contribution in [0.1, 0.15) is 26.7 Å². The van der Waals surface area contributed by atoms with E-state index < -0.39 is 0 Å². The van der Waals surface area contributed by atoms with Gasteiger partial charge in [0.2, 0.25) is 5.91 Å². The molecule has 0 saturated carbocycles. The van der Waals surface area contributed by atoms with Crippen LogP contribution in [0.5, 0.6) is 0 Å². The lowest BCUT2D eigenvalue weighted by atomic mass is 9.83. The molecule has 10 heavy (non-hydrogen) atoms. The molecule has 0 bridgehead atoms. The minimum Gasteiger partial charge on any atom is -0.273 e. The van der Waals surface area contributed by atoms with E-state index >= 15 is 0 Å². The van der Waals surface area contributed by atoms with E-state index in [9.17, 15) is 4.79 Å². The first-order chi connectivity index (χ1) is 4.69. The first kappa shape index (κ1) is 7.25. The molecule has 0 saturated heterocycles. The van der Waals surface area contributed by atoms with Crippen molar-refractivity contribution in [3.05, 3.63) is 0 Å². The molecule has 3 heteroatoms. The van der Waals surface area contributed by atoms with Gasteiger partial charge in [-0.15, -0.1) is 0 Å². The number of nitrogens with one attached hydrogen (secondary N) is 1. The van der Waals surface area contributed by atoms with Crippen LogP contribution in [0.4, 0.5) is 0 Å². The zero-order valence-corrected chi connectivity index (χ0v) is 6.35. The third-order valence-corrected chi connectivity index (χ3v) is 2.13. The smallest absolute Gasteiger partial charge is 0.246 e. The van der Waals surface area contributed by atoms with E-state index in [1.165, 1.54) is 0 Å². The fourth-order valence-corrected chi connectivity index (χ4v) is 0.884. The average Bonchev–Trinajstić information content (AvgIpc) is 1.96. The molecular formula is C7H12N2O. The van der Waals surface area contributed by atoms with Gasteiger partial charge in [-0.2, -0.15) is 5.10 Å². The Morgan fingerprint density at radius 3 is 3.00 bits per heavy atom. The van der Waals surface area contributed by atoms with Crippen LogP contribution in [0, 0.1) is 5.41 Å². The molecule has 56 valence electrons. The number of rotatable bonds is 1. The van der Waals surface area contributed by atoms with E-state index in [-0.39, 0.29) is 11.3 Å². The zero-order chi connectivity index (χ0) is 7.61. The Hall–Kier alpha value is -0.860. The number of amides is 1. The molecule has 1 aliphatic heterocycles. The number of hydrazone groups is 1. The van der Waals surface area contributed by atoms with Gasteiger partial charge in [0.1, 0.15) is 0 Å². The Kier molecular flexibility index (Phi) is 1.74. The number of carbonyl (C=O) groups is 1. The Labute approximate surface area is 60.5 Å². The van der Waals surface area contributed by atoms with Gasteiger partial charge in [-0.05, 0) is 12.8 Å². The maximum absolute atomic E-state index is 11.1. The van der Waals surface area contributed by atoms with Gasteiger partial charge in [-0.25, -0.2) is 5.43 Å². The van der Waals surface area contributed by atoms with E-state index in [2.05, 4.69) is 10.5 Å². The number of nitrogens with zero attached hydrogens (tertiary/aromatic N) is 1. The third-order valence-electron chi connectivity index (χ3n) is 2.13. The molecule has 1 N–H and O–H groups in total. The molecule has 1 unspecified atom stereocenters. The van der Waals surface area contributed by atoms with E-state index in [1.807, 2.05) is 13.8 Å². The van der Waals surface area contributed by atoms with Gasteiger partial charge in [0.25, 0.3) is 0 Å². The van der Waals surface area contributed by atoms with Crippen molar-refractivity contribution >= 4 is 12.1 Å². The minimum atomic E-state index is -0.220. The maximum atomic E-state index is 11.1. The molecule has 0 aromatic carbocycles. The summed E-state index contributed by atoms with van der Waals surface area (Å²) in [5.74, 6) is 0.0394. The van der Waals surface area contributed by atoms with E-state index in [4.69, 9.17) is 0 Å². The second kappa shape index (κ2) is 2.40. The SMILES string of the molecule is CCC1(C)CC=NNC1=O. The van der Waals surface area contributed by atoms with Crippen LogP contribution in [0.2, 0.25) is 0 Å². The number of carbonyl (C=O) groups excluding carboxylic acids is 1. The van der Waals surface area contributed by atoms with Crippen molar-refractivity contribution in [2.45, 2.75) is 26.7 Å². The van der Waals surface area contributed by atoms with E-state index in [1.54, 1.807) is 6.21 Å². The molecule has 0 radical (unpaired) electrons. The Balaban J connectivity index is 2.76. The Morgan fingerprint density at radius 2 is 2.60 bits per heavy atom. The molecule has 0 aliphatic carbocycles. The van der Waals surface area contributed by atoms with Gasteiger partial charge in [0.15, 0.2) is 0 Å². The summed E-state index contributed by atoms with van der Waals surface area (Å²) in [6.45, 7) is 3.96. The van der Waals surface area contributed by atoms with Gasteiger partial charge in [-0.1, -0.05) is 13.8 Å². The standard InChI is InChI=1S/C7H12N2O/c1-3-7(2)4-5-8-9-6(7)10/h5H,3-4H2,1-2H3,(H,9,10). The van der Waals surface area contributed by atoms with Crippen LogP contribution in [-0.2, 0) is 4.79 Å². The third kappa shape index (κ3) is 1.03. The molecule has 1 rings (SSSR count). The lowest BCUT2D eigenvalue weighted by Crippen LogP contribution is -2.39. The van der Waals surface area contributed by atoms with Crippen LogP contribution in [0.15, 0.2) is 5.10 Å². The highest BCUT2D eigenvalue weighted by molar-refractivity contribution is 5.87. The van der Waals surface area contributed by atoms with E-state index in [0.717, 1.165) is 12.8 Å². The molecule has 3 nitrogen and oxygen atoms in total. The lowest BCUT2D eigenvalue weighted by Gasteiger charge is -2.26. The second-order valence-corrected chi connectivity index (χ2v) is 2.87. The Morgan fingerprint density at radius 1 is 1.90 bits per heavy atom. The monoisotopic (exact) mass is 140 g/mol. The highest BCUT2D eigenvalue weighted by Crippen LogP contribution is 2.26. The van der Waals surface area contributed by atoms with Crippen LogP contribution in [0.25, 0.3) is 0 Å². The predicted molar refractivity (Wildman–Crippen MR) is 39.6 cm³/mol. The fourth-order valence-electron chi connectivity index (χ4n) is 0.884. The largest absolute Gasteiger partial charge is 0.273 e. The lowest BCUT2D eigenvalue weighted by molar-refractivity contribution is -0.130. The van der Waals surface area contributed by atoms with Gasteiger partial charge < -0.3 is 0 Å². The quantitative estimate of drug-likeness (QED) is 0.577. The normalized spacial score (nSPS) is 32.0. The summed E-state index contributed by atoms with van der Waals surface area (Å²) in [5, 5.41) is 3.68. The van der Waals surface area contributed by atoms with E-state index in [0.29, 0.717) is 0 Å². The molecular weight excluding hydrogens is 128 g/mol. The second-order valence-electron chi connectivity index (χ2n) is 2.87. The van der Waals surface area contributed by atoms with Crippen molar-refractivity contribution in [1.82, 2.24) is 5.43 Å². The summed E-state index contributed by atoms with van der Waals surface area (Å²) in [6, 6.07) is 0. The van der Waals surface area contributed by atoms with Crippen molar-refractivity contribution in [1.29, 1.82) is 0 Å². The van der Waals surface area contributed by atoms with Crippen LogP contribution < -0.4 is 5.43 Å². The van der Waals surface area contributed by atoms with Crippen LogP contribution >= 0.6 is 0 Å². The van der Waals surface area contributed by atoms with Gasteiger partial charge in [0.05, 0.1) is 5.41 Å². The summed E-state index contributed by atoms with van der Waals surface area (Å²) in [4.78, 5) is 11.1. The van der Waals surface area contributed by atoms with Crippen molar-refractivity contribution in [2.24, 2.45) is 10.5 Å². The highest BCUT2D eigenvalue weighted by atomic mass is 16.2. The summed E-state index contributed by atoms with van der Waals surface area (Å²) < 4.78 is 0. The molecule has 0 spiro atoms. The molecule has 1 amide bonds. The molecule has 1 aliphatic rings. The predicted octanol–water partition coefficient (Wildman–Crippen LogP) is 0.908. The summed E-state index contributed by atoms with van der Waals surface area (Å²) in [7, 11) is 0. The summed E-state index contributed by atoms with van der Waals surface area (Å²) in [5.41, 5.74) is 2.23. The Bertz CT molecular complexity index is 176. The first-order valence-electron chi connectivity index (χ1n) is 3.51. The zero-order valence-electron chi connectivity index (χ0n) is 6.35. The summed E-state index contributed by atoms with van der Waals surface area (Å²) >= 11 is 0. The van der Waals surface area contributed by atoms with Gasteiger partial charge >= 0.3 is 0 Å². The van der Waals surface area contributed by atoms with Gasteiger partial charge in [-0.3, -0.25) is 4.79 Å². The fraction of sp³-hybridized carbons (Fsp3) is 0.714. The maximum Gasteiger partial charge on any atom is 0.246 e. The average molecular weight is 140 g/mol. The van der Waals surface area contributed by atoms with Crippen molar-refractivity contribution < 1.29 is 4.79 Å². The molecule has 0 aromatic rings. The van der Waals surface area contributed by atoms with Gasteiger partial charge in [0, 0.05) is 6.21 Å². The first-order valence-corrected chi connectivity index (χ1v) is 3.51. The minimum absolute atomic E-state index is 0.0394. The molecule has 0 fully saturated rings. The van der Waals surface area contributed by atoms with Crippen LogP contribution in [-0.4, -0.2) is 12.1 Å². The number of hydrogen-bond donors (Lipinski definition) is 1. The molecule has 1 heterocycles. The summed E-state index contributed by atoms with van der Waals surface area (Å²) in [6.07, 6.45) is 3.38. The molecule has 0 aromatic heterocycles. The van der Waals surface area contributed by atoms with Crippen molar-refractivity contribution in [3.8, 4) is 0 Å². The highest BCUT2D eigenvalue weighted by Gasteiger charge is 2.31. The number of hydrogen-bond acceptors (Lipinski definition) is 2. The topological polar surface area (TPSA) is 41.5 Å².